The third-order valence-electron chi connectivity index (χ3n) is 6.20. The first kappa shape index (κ1) is 23.9. The van der Waals surface area contributed by atoms with Gasteiger partial charge in [-0.15, -0.1) is 0 Å². The standard InChI is InChI=1S/C29H36N2O4/c1-28(2,3)25-26(19-7-11-21(12-8-19)32-15-23-17-34-23)30-31(29(4,5)6)27(25)20-9-13-22(14-10-20)33-16-24-18-35-24/h7-14,23-24H,15-18H2,1-6H3. The summed E-state index contributed by atoms with van der Waals surface area (Å²) in [5.74, 6) is 1.71. The molecule has 5 rings (SSSR count). The Hall–Kier alpha value is -2.83. The molecule has 3 aromatic rings. The third-order valence-corrected chi connectivity index (χ3v) is 6.20. The molecule has 0 amide bonds. The number of epoxide rings is 2. The van der Waals surface area contributed by atoms with Crippen molar-refractivity contribution in [2.75, 3.05) is 26.4 Å². The minimum Gasteiger partial charge on any atom is -0.491 e. The summed E-state index contributed by atoms with van der Waals surface area (Å²) in [6.07, 6.45) is 0.483. The van der Waals surface area contributed by atoms with E-state index in [-0.39, 0.29) is 23.2 Å². The molecule has 0 bridgehead atoms. The monoisotopic (exact) mass is 476 g/mol. The zero-order valence-electron chi connectivity index (χ0n) is 21.6. The van der Waals surface area contributed by atoms with Gasteiger partial charge in [-0.1, -0.05) is 20.8 Å². The van der Waals surface area contributed by atoms with Gasteiger partial charge >= 0.3 is 0 Å². The number of hydrogen-bond acceptors (Lipinski definition) is 5. The van der Waals surface area contributed by atoms with Crippen LogP contribution in [0.4, 0.5) is 0 Å². The van der Waals surface area contributed by atoms with E-state index in [0.29, 0.717) is 13.2 Å². The van der Waals surface area contributed by atoms with Gasteiger partial charge in [-0.25, -0.2) is 0 Å². The van der Waals surface area contributed by atoms with E-state index in [2.05, 4.69) is 70.5 Å². The van der Waals surface area contributed by atoms with E-state index in [1.807, 2.05) is 24.3 Å². The van der Waals surface area contributed by atoms with Crippen LogP contribution in [0.25, 0.3) is 22.5 Å². The van der Waals surface area contributed by atoms with Gasteiger partial charge in [-0.05, 0) is 74.7 Å². The highest BCUT2D eigenvalue weighted by atomic mass is 16.6. The van der Waals surface area contributed by atoms with E-state index in [4.69, 9.17) is 24.0 Å². The van der Waals surface area contributed by atoms with Crippen LogP contribution in [-0.4, -0.2) is 48.4 Å². The third kappa shape index (κ3) is 5.54. The normalized spacial score (nSPS) is 19.5. The second-order valence-electron chi connectivity index (χ2n) is 11.5. The highest BCUT2D eigenvalue weighted by Gasteiger charge is 2.32. The van der Waals surface area contributed by atoms with Crippen molar-refractivity contribution in [3.05, 3.63) is 54.1 Å². The van der Waals surface area contributed by atoms with Gasteiger partial charge in [0.25, 0.3) is 0 Å². The topological polar surface area (TPSA) is 61.3 Å². The fraction of sp³-hybridized carbons (Fsp3) is 0.483. The summed E-state index contributed by atoms with van der Waals surface area (Å²) in [6.45, 7) is 16.1. The average Bonchev–Trinajstić information content (AvgIpc) is 3.73. The lowest BCUT2D eigenvalue weighted by atomic mass is 9.82. The van der Waals surface area contributed by atoms with Crippen molar-refractivity contribution in [2.45, 2.75) is 64.7 Å². The summed E-state index contributed by atoms with van der Waals surface area (Å²) in [7, 11) is 0. The Labute approximate surface area is 208 Å². The van der Waals surface area contributed by atoms with Crippen molar-refractivity contribution < 1.29 is 18.9 Å². The molecule has 3 heterocycles. The summed E-state index contributed by atoms with van der Waals surface area (Å²) in [6, 6.07) is 16.6. The molecule has 2 aliphatic heterocycles. The molecule has 2 fully saturated rings. The van der Waals surface area contributed by atoms with E-state index in [0.717, 1.165) is 47.2 Å². The Morgan fingerprint density at radius 2 is 1.23 bits per heavy atom. The van der Waals surface area contributed by atoms with E-state index in [1.165, 1.54) is 5.56 Å². The number of hydrogen-bond donors (Lipinski definition) is 0. The maximum absolute atomic E-state index is 5.87. The molecule has 2 aliphatic rings. The molecular formula is C29H36N2O4. The van der Waals surface area contributed by atoms with Gasteiger partial charge in [0.2, 0.25) is 0 Å². The first-order chi connectivity index (χ1) is 16.6. The number of rotatable bonds is 8. The van der Waals surface area contributed by atoms with Crippen molar-refractivity contribution >= 4 is 0 Å². The quantitative estimate of drug-likeness (QED) is 0.383. The maximum atomic E-state index is 5.87. The van der Waals surface area contributed by atoms with Gasteiger partial charge in [-0.3, -0.25) is 4.68 Å². The van der Waals surface area contributed by atoms with Gasteiger partial charge in [0, 0.05) is 16.7 Å². The molecule has 2 atom stereocenters. The Kier molecular flexibility index (Phi) is 6.14. The molecule has 0 saturated carbocycles. The number of benzene rings is 2. The van der Waals surface area contributed by atoms with Gasteiger partial charge in [-0.2, -0.15) is 5.10 Å². The Morgan fingerprint density at radius 1 is 0.771 bits per heavy atom. The lowest BCUT2D eigenvalue weighted by Crippen LogP contribution is -2.25. The van der Waals surface area contributed by atoms with Crippen LogP contribution in [0.1, 0.15) is 47.1 Å². The van der Waals surface area contributed by atoms with E-state index < -0.39 is 0 Å². The van der Waals surface area contributed by atoms with Crippen LogP contribution >= 0.6 is 0 Å². The molecule has 2 unspecified atom stereocenters. The summed E-state index contributed by atoms with van der Waals surface area (Å²) in [4.78, 5) is 0. The van der Waals surface area contributed by atoms with Crippen molar-refractivity contribution in [1.82, 2.24) is 9.78 Å². The van der Waals surface area contributed by atoms with Crippen LogP contribution in [0, 0.1) is 0 Å². The molecule has 6 nitrogen and oxygen atoms in total. The van der Waals surface area contributed by atoms with Crippen LogP contribution in [0.3, 0.4) is 0 Å². The largest absolute Gasteiger partial charge is 0.491 e. The zero-order valence-corrected chi connectivity index (χ0v) is 21.6. The predicted octanol–water partition coefficient (Wildman–Crippen LogP) is 5.82. The van der Waals surface area contributed by atoms with Crippen LogP contribution in [0.15, 0.2) is 48.5 Å². The molecule has 2 saturated heterocycles. The van der Waals surface area contributed by atoms with E-state index in [9.17, 15) is 0 Å². The highest BCUT2D eigenvalue weighted by molar-refractivity contribution is 5.77. The maximum Gasteiger partial charge on any atom is 0.119 e. The Bertz CT molecular complexity index is 1160. The van der Waals surface area contributed by atoms with Crippen LogP contribution in [-0.2, 0) is 20.4 Å². The summed E-state index contributed by atoms with van der Waals surface area (Å²) in [5, 5.41) is 5.21. The van der Waals surface area contributed by atoms with Crippen LogP contribution in [0.2, 0.25) is 0 Å². The first-order valence-electron chi connectivity index (χ1n) is 12.4. The van der Waals surface area contributed by atoms with E-state index >= 15 is 0 Å². The molecular weight excluding hydrogens is 440 g/mol. The van der Waals surface area contributed by atoms with Gasteiger partial charge in [0.15, 0.2) is 0 Å². The predicted molar refractivity (Wildman–Crippen MR) is 137 cm³/mol. The molecule has 0 aliphatic carbocycles. The smallest absolute Gasteiger partial charge is 0.119 e. The molecule has 186 valence electrons. The number of ether oxygens (including phenoxy) is 4. The highest BCUT2D eigenvalue weighted by Crippen LogP contribution is 2.42. The zero-order chi connectivity index (χ0) is 24.8. The Balaban J connectivity index is 1.53. The van der Waals surface area contributed by atoms with Gasteiger partial charge < -0.3 is 18.9 Å². The molecule has 35 heavy (non-hydrogen) atoms. The molecule has 0 N–H and O–H groups in total. The fourth-order valence-electron chi connectivity index (χ4n) is 4.21. The molecule has 1 aromatic heterocycles. The minimum absolute atomic E-state index is 0.120. The van der Waals surface area contributed by atoms with Crippen molar-refractivity contribution in [1.29, 1.82) is 0 Å². The summed E-state index contributed by atoms with van der Waals surface area (Å²) >= 11 is 0. The first-order valence-corrected chi connectivity index (χ1v) is 12.4. The molecule has 6 heteroatoms. The molecule has 2 aromatic carbocycles. The lowest BCUT2D eigenvalue weighted by Gasteiger charge is -2.26. The minimum atomic E-state index is -0.195. The fourth-order valence-corrected chi connectivity index (χ4v) is 4.21. The van der Waals surface area contributed by atoms with Gasteiger partial charge in [0.1, 0.15) is 36.9 Å². The van der Waals surface area contributed by atoms with Crippen LogP contribution in [0.5, 0.6) is 11.5 Å². The molecule has 0 radical (unpaired) electrons. The average molecular weight is 477 g/mol. The second-order valence-corrected chi connectivity index (χ2v) is 11.5. The van der Waals surface area contributed by atoms with Crippen molar-refractivity contribution in [3.63, 3.8) is 0 Å². The van der Waals surface area contributed by atoms with Crippen molar-refractivity contribution in [2.24, 2.45) is 0 Å². The van der Waals surface area contributed by atoms with E-state index in [1.54, 1.807) is 0 Å². The second kappa shape index (κ2) is 8.99. The Morgan fingerprint density at radius 3 is 1.63 bits per heavy atom. The summed E-state index contributed by atoms with van der Waals surface area (Å²) < 4.78 is 24.4. The molecule has 0 spiro atoms. The van der Waals surface area contributed by atoms with Gasteiger partial charge in [0.05, 0.1) is 30.1 Å². The van der Waals surface area contributed by atoms with Crippen molar-refractivity contribution in [3.8, 4) is 34.0 Å². The number of nitrogens with zero attached hydrogens (tertiary/aromatic N) is 2. The van der Waals surface area contributed by atoms with Crippen LogP contribution < -0.4 is 9.47 Å². The SMILES string of the molecule is CC(C)(C)c1c(-c2ccc(OCC3CO3)cc2)nn(C(C)(C)C)c1-c1ccc(OCC2CO2)cc1. The summed E-state index contributed by atoms with van der Waals surface area (Å²) in [5.41, 5.74) is 5.27. The number of aromatic nitrogens is 2. The lowest BCUT2D eigenvalue weighted by molar-refractivity contribution is 0.263.